The van der Waals surface area contributed by atoms with Gasteiger partial charge in [-0.15, -0.1) is 0 Å². The average Bonchev–Trinajstić information content (AvgIpc) is 2.80. The van der Waals surface area contributed by atoms with E-state index in [1.165, 1.54) is 48.0 Å². The fraction of sp³-hybridized carbons (Fsp3) is 0.208. The van der Waals surface area contributed by atoms with Crippen molar-refractivity contribution >= 4 is 21.6 Å². The van der Waals surface area contributed by atoms with Crippen molar-refractivity contribution in [1.82, 2.24) is 5.32 Å². The molecule has 0 bridgehead atoms. The van der Waals surface area contributed by atoms with Gasteiger partial charge in [0.25, 0.3) is 15.9 Å². The molecule has 32 heavy (non-hydrogen) atoms. The minimum atomic E-state index is -4.04. The summed E-state index contributed by atoms with van der Waals surface area (Å²) in [5, 5.41) is 2.75. The lowest BCUT2D eigenvalue weighted by Gasteiger charge is -2.10. The molecule has 0 heterocycles. The first kappa shape index (κ1) is 23.4. The maximum absolute atomic E-state index is 13.8. The Labute approximate surface area is 187 Å². The third-order valence-electron chi connectivity index (χ3n) is 4.65. The number of carbonyl (C=O) groups is 1. The molecule has 0 radical (unpaired) electrons. The fourth-order valence-corrected chi connectivity index (χ4v) is 4.08. The number of halogens is 1. The summed E-state index contributed by atoms with van der Waals surface area (Å²) in [5.74, 6) is -1.08. The summed E-state index contributed by atoms with van der Waals surface area (Å²) in [6, 6.07) is 21.1. The lowest BCUT2D eigenvalue weighted by molar-refractivity contribution is 0.0942. The SMILES string of the molecule is O=C(NCCCOCCc1ccccc1)c1cccc(S(=O)(=O)Nc2ccccc2F)c1. The van der Waals surface area contributed by atoms with E-state index in [-0.39, 0.29) is 16.1 Å². The van der Waals surface area contributed by atoms with Gasteiger partial charge < -0.3 is 10.1 Å². The van der Waals surface area contributed by atoms with Crippen LogP contribution in [0.1, 0.15) is 22.3 Å². The van der Waals surface area contributed by atoms with Crippen LogP contribution in [0.4, 0.5) is 10.1 Å². The van der Waals surface area contributed by atoms with Gasteiger partial charge in [0, 0.05) is 18.7 Å². The number of para-hydroxylation sites is 1. The van der Waals surface area contributed by atoms with Crippen LogP contribution in [0.2, 0.25) is 0 Å². The molecule has 0 spiro atoms. The first-order chi connectivity index (χ1) is 15.5. The standard InChI is InChI=1S/C24H25FN2O4S/c25-22-12-4-5-13-23(22)27-32(29,30)21-11-6-10-20(18-21)24(28)26-15-7-16-31-17-14-19-8-2-1-3-9-19/h1-6,8-13,18,27H,7,14-17H2,(H,26,28). The number of anilines is 1. The lowest BCUT2D eigenvalue weighted by Crippen LogP contribution is -2.25. The molecule has 0 fully saturated rings. The second-order valence-electron chi connectivity index (χ2n) is 7.07. The van der Waals surface area contributed by atoms with E-state index in [0.29, 0.717) is 26.2 Å². The van der Waals surface area contributed by atoms with Crippen LogP contribution in [-0.2, 0) is 21.2 Å². The van der Waals surface area contributed by atoms with Gasteiger partial charge in [-0.1, -0.05) is 48.5 Å². The largest absolute Gasteiger partial charge is 0.381 e. The zero-order chi connectivity index (χ0) is 22.8. The maximum atomic E-state index is 13.8. The molecule has 8 heteroatoms. The van der Waals surface area contributed by atoms with E-state index in [9.17, 15) is 17.6 Å². The third kappa shape index (κ3) is 6.90. The predicted octanol–water partition coefficient (Wildman–Crippen LogP) is 4.01. The Bertz CT molecular complexity index is 1140. The van der Waals surface area contributed by atoms with E-state index in [0.717, 1.165) is 12.5 Å². The second kappa shape index (κ2) is 11.4. The molecule has 2 N–H and O–H groups in total. The maximum Gasteiger partial charge on any atom is 0.262 e. The van der Waals surface area contributed by atoms with Crippen molar-refractivity contribution in [2.45, 2.75) is 17.7 Å². The molecule has 3 aromatic rings. The van der Waals surface area contributed by atoms with Gasteiger partial charge in [-0.2, -0.15) is 0 Å². The van der Waals surface area contributed by atoms with Crippen LogP contribution >= 0.6 is 0 Å². The Morgan fingerprint density at radius 3 is 2.44 bits per heavy atom. The number of rotatable bonds is 11. The van der Waals surface area contributed by atoms with Gasteiger partial charge >= 0.3 is 0 Å². The number of nitrogens with one attached hydrogen (secondary N) is 2. The van der Waals surface area contributed by atoms with Crippen LogP contribution < -0.4 is 10.0 Å². The number of amides is 1. The highest BCUT2D eigenvalue weighted by molar-refractivity contribution is 7.92. The minimum absolute atomic E-state index is 0.127. The Balaban J connectivity index is 1.46. The number of hydrogen-bond acceptors (Lipinski definition) is 4. The Hall–Kier alpha value is -3.23. The van der Waals surface area contributed by atoms with E-state index in [4.69, 9.17) is 4.74 Å². The summed E-state index contributed by atoms with van der Waals surface area (Å²) in [5.41, 5.74) is 1.25. The van der Waals surface area contributed by atoms with Gasteiger partial charge in [0.1, 0.15) is 5.82 Å². The minimum Gasteiger partial charge on any atom is -0.381 e. The molecule has 3 rings (SSSR count). The molecule has 0 saturated heterocycles. The highest BCUT2D eigenvalue weighted by Gasteiger charge is 2.18. The zero-order valence-corrected chi connectivity index (χ0v) is 18.3. The van der Waals surface area contributed by atoms with E-state index in [1.54, 1.807) is 0 Å². The first-order valence-electron chi connectivity index (χ1n) is 10.2. The molecule has 168 valence electrons. The number of benzene rings is 3. The summed E-state index contributed by atoms with van der Waals surface area (Å²) < 4.78 is 46.7. The van der Waals surface area contributed by atoms with Crippen LogP contribution in [-0.4, -0.2) is 34.1 Å². The monoisotopic (exact) mass is 456 g/mol. The number of sulfonamides is 1. The molecule has 1 amide bonds. The molecule has 0 aliphatic rings. The van der Waals surface area contributed by atoms with E-state index in [2.05, 4.69) is 10.0 Å². The lowest BCUT2D eigenvalue weighted by atomic mass is 10.2. The van der Waals surface area contributed by atoms with Crippen LogP contribution in [0.3, 0.4) is 0 Å². The smallest absolute Gasteiger partial charge is 0.262 e. The van der Waals surface area contributed by atoms with Crippen LogP contribution in [0, 0.1) is 5.82 Å². The van der Waals surface area contributed by atoms with Crippen molar-refractivity contribution in [3.63, 3.8) is 0 Å². The van der Waals surface area contributed by atoms with Crippen molar-refractivity contribution < 1.29 is 22.3 Å². The van der Waals surface area contributed by atoms with Crippen molar-refractivity contribution in [3.8, 4) is 0 Å². The topological polar surface area (TPSA) is 84.5 Å². The van der Waals surface area contributed by atoms with Gasteiger partial charge in [-0.3, -0.25) is 9.52 Å². The molecule has 0 saturated carbocycles. The van der Waals surface area contributed by atoms with E-state index in [1.807, 2.05) is 30.3 Å². The molecular formula is C24H25FN2O4S. The predicted molar refractivity (Wildman–Crippen MR) is 122 cm³/mol. The molecule has 0 atom stereocenters. The summed E-state index contributed by atoms with van der Waals surface area (Å²) in [6.45, 7) is 1.51. The van der Waals surface area contributed by atoms with Crippen LogP contribution in [0.25, 0.3) is 0 Å². The summed E-state index contributed by atoms with van der Waals surface area (Å²) >= 11 is 0. The van der Waals surface area contributed by atoms with Gasteiger partial charge in [0.2, 0.25) is 0 Å². The number of ether oxygens (including phenoxy) is 1. The van der Waals surface area contributed by atoms with Crippen LogP contribution in [0.15, 0.2) is 83.8 Å². The van der Waals surface area contributed by atoms with Crippen molar-refractivity contribution in [2.75, 3.05) is 24.5 Å². The van der Waals surface area contributed by atoms with Gasteiger partial charge in [-0.05, 0) is 48.7 Å². The first-order valence-corrected chi connectivity index (χ1v) is 11.7. The molecular weight excluding hydrogens is 431 g/mol. The Kier molecular flexibility index (Phi) is 8.35. The average molecular weight is 457 g/mol. The zero-order valence-electron chi connectivity index (χ0n) is 17.5. The Morgan fingerprint density at radius 2 is 1.66 bits per heavy atom. The quantitative estimate of drug-likeness (QED) is 0.427. The van der Waals surface area contributed by atoms with Crippen molar-refractivity contribution in [2.24, 2.45) is 0 Å². The normalized spacial score (nSPS) is 11.2. The number of hydrogen-bond donors (Lipinski definition) is 2. The molecule has 0 aliphatic carbocycles. The van der Waals surface area contributed by atoms with Gasteiger partial charge in [0.15, 0.2) is 0 Å². The molecule has 6 nitrogen and oxygen atoms in total. The Morgan fingerprint density at radius 1 is 0.906 bits per heavy atom. The molecule has 0 aliphatic heterocycles. The molecule has 0 unspecified atom stereocenters. The highest BCUT2D eigenvalue weighted by Crippen LogP contribution is 2.19. The van der Waals surface area contributed by atoms with Crippen molar-refractivity contribution in [1.29, 1.82) is 0 Å². The van der Waals surface area contributed by atoms with E-state index >= 15 is 0 Å². The molecule has 3 aromatic carbocycles. The van der Waals surface area contributed by atoms with Gasteiger partial charge in [-0.25, -0.2) is 12.8 Å². The summed E-state index contributed by atoms with van der Waals surface area (Å²) in [6.07, 6.45) is 1.46. The third-order valence-corrected chi connectivity index (χ3v) is 6.02. The second-order valence-corrected chi connectivity index (χ2v) is 8.75. The van der Waals surface area contributed by atoms with Gasteiger partial charge in [0.05, 0.1) is 17.2 Å². The van der Waals surface area contributed by atoms with Crippen LogP contribution in [0.5, 0.6) is 0 Å². The van der Waals surface area contributed by atoms with Crippen molar-refractivity contribution in [3.05, 3.63) is 95.8 Å². The fourth-order valence-electron chi connectivity index (χ4n) is 2.97. The molecule has 0 aromatic heterocycles. The number of carbonyl (C=O) groups excluding carboxylic acids is 1. The summed E-state index contributed by atoms with van der Waals surface area (Å²) in [7, 11) is -4.04. The summed E-state index contributed by atoms with van der Waals surface area (Å²) in [4.78, 5) is 12.3. The highest BCUT2D eigenvalue weighted by atomic mass is 32.2. The van der Waals surface area contributed by atoms with E-state index < -0.39 is 21.7 Å².